The first-order valence-corrected chi connectivity index (χ1v) is 13.0. The van der Waals surface area contributed by atoms with Crippen molar-refractivity contribution >= 4 is 34.0 Å². The van der Waals surface area contributed by atoms with Crippen molar-refractivity contribution in [2.75, 3.05) is 32.8 Å². The summed E-state index contributed by atoms with van der Waals surface area (Å²) >= 11 is 5.94. The van der Waals surface area contributed by atoms with Gasteiger partial charge in [0.25, 0.3) is 0 Å². The Morgan fingerprint density at radius 2 is 1.76 bits per heavy atom. The summed E-state index contributed by atoms with van der Waals surface area (Å²) in [4.78, 5) is 2.70. The fourth-order valence-corrected chi connectivity index (χ4v) is 5.50. The molecule has 1 saturated heterocycles. The van der Waals surface area contributed by atoms with Crippen molar-refractivity contribution in [2.24, 2.45) is 0 Å². The summed E-state index contributed by atoms with van der Waals surface area (Å²) < 4.78 is 34.2. The molecule has 3 rings (SSSR count). The second-order valence-electron chi connectivity index (χ2n) is 8.40. The lowest BCUT2D eigenvalue weighted by atomic mass is 10.1. The molecular formula is C25H34Cl2N2O3S. The Bertz CT molecular complexity index is 991. The molecule has 0 atom stereocenters. The first-order valence-electron chi connectivity index (χ1n) is 11.2. The minimum Gasteiger partial charge on any atom is -0.493 e. The molecule has 1 heterocycles. The zero-order valence-corrected chi connectivity index (χ0v) is 21.6. The van der Waals surface area contributed by atoms with Crippen molar-refractivity contribution < 1.29 is 13.2 Å². The fourth-order valence-electron chi connectivity index (χ4n) is 3.90. The number of hydrogen-bond donors (Lipinski definition) is 0. The first kappa shape index (κ1) is 27.7. The van der Waals surface area contributed by atoms with E-state index in [1.807, 2.05) is 31.2 Å². The number of ether oxygens (including phenoxy) is 1. The summed E-state index contributed by atoms with van der Waals surface area (Å²) in [6.45, 7) is 10.2. The minimum absolute atomic E-state index is 0. The quantitative estimate of drug-likeness (QED) is 0.282. The molecule has 33 heavy (non-hydrogen) atoms. The molecule has 0 spiro atoms. The zero-order valence-electron chi connectivity index (χ0n) is 19.2. The highest BCUT2D eigenvalue weighted by Gasteiger charge is 2.25. The van der Waals surface area contributed by atoms with Crippen LogP contribution in [0.25, 0.3) is 0 Å². The Balaban J connectivity index is 0.00000385. The van der Waals surface area contributed by atoms with E-state index in [4.69, 9.17) is 16.3 Å². The van der Waals surface area contributed by atoms with E-state index in [0.29, 0.717) is 11.6 Å². The standard InChI is InChI=1S/C25H33ClN2O3S.ClH/c1-21(2)19-28(32(29,30)24-13-11-23(26)12-14-24)20-22-9-4-5-10-25(22)31-18-8-17-27-15-6-3-7-16-27;/h4-5,9-14H,1,3,6-8,15-20H2,2H3;1H. The van der Waals surface area contributed by atoms with Crippen LogP contribution in [0.2, 0.25) is 5.02 Å². The van der Waals surface area contributed by atoms with Gasteiger partial charge in [-0.05, 0) is 69.6 Å². The van der Waals surface area contributed by atoms with E-state index < -0.39 is 10.0 Å². The predicted molar refractivity (Wildman–Crippen MR) is 138 cm³/mol. The maximum atomic E-state index is 13.3. The van der Waals surface area contributed by atoms with E-state index >= 15 is 0 Å². The molecule has 1 fully saturated rings. The van der Waals surface area contributed by atoms with Crippen molar-refractivity contribution in [2.45, 2.75) is 44.0 Å². The molecule has 0 aromatic heterocycles. The molecule has 0 N–H and O–H groups in total. The maximum absolute atomic E-state index is 13.3. The summed E-state index contributed by atoms with van der Waals surface area (Å²) in [7, 11) is -3.72. The topological polar surface area (TPSA) is 49.9 Å². The highest BCUT2D eigenvalue weighted by molar-refractivity contribution is 7.89. The lowest BCUT2D eigenvalue weighted by Gasteiger charge is -2.26. The number of halogens is 2. The predicted octanol–water partition coefficient (Wildman–Crippen LogP) is 5.78. The first-order chi connectivity index (χ1) is 15.4. The van der Waals surface area contributed by atoms with Crippen LogP contribution in [0.4, 0.5) is 0 Å². The maximum Gasteiger partial charge on any atom is 0.243 e. The molecule has 0 amide bonds. The number of para-hydroxylation sites is 1. The van der Waals surface area contributed by atoms with Crippen LogP contribution in [-0.2, 0) is 16.6 Å². The van der Waals surface area contributed by atoms with Crippen LogP contribution in [0.1, 0.15) is 38.2 Å². The average molecular weight is 514 g/mol. The molecule has 0 radical (unpaired) electrons. The van der Waals surface area contributed by atoms with Crippen LogP contribution in [0.3, 0.4) is 0 Å². The number of rotatable bonds is 11. The SMILES string of the molecule is C=C(C)CN(Cc1ccccc1OCCCN1CCCCC1)S(=O)(=O)c1ccc(Cl)cc1.Cl. The van der Waals surface area contributed by atoms with Crippen LogP contribution >= 0.6 is 24.0 Å². The van der Waals surface area contributed by atoms with E-state index in [2.05, 4.69) is 11.5 Å². The molecule has 2 aromatic carbocycles. The number of hydrogen-bond acceptors (Lipinski definition) is 4. The highest BCUT2D eigenvalue weighted by Crippen LogP contribution is 2.25. The Kier molecular flexibility index (Phi) is 11.2. The minimum atomic E-state index is -3.72. The number of nitrogens with zero attached hydrogens (tertiary/aromatic N) is 2. The normalized spacial score (nSPS) is 14.6. The third-order valence-electron chi connectivity index (χ3n) is 5.54. The van der Waals surface area contributed by atoms with Gasteiger partial charge in [-0.25, -0.2) is 8.42 Å². The Labute approximate surface area is 209 Å². The lowest BCUT2D eigenvalue weighted by Crippen LogP contribution is -2.32. The van der Waals surface area contributed by atoms with E-state index in [-0.39, 0.29) is 30.4 Å². The molecule has 5 nitrogen and oxygen atoms in total. The fraction of sp³-hybridized carbons (Fsp3) is 0.440. The third-order valence-corrected chi connectivity index (χ3v) is 7.60. The Morgan fingerprint density at radius 1 is 1.09 bits per heavy atom. The van der Waals surface area contributed by atoms with Crippen LogP contribution in [0, 0.1) is 0 Å². The molecule has 0 bridgehead atoms. The molecule has 0 unspecified atom stereocenters. The summed E-state index contributed by atoms with van der Waals surface area (Å²) in [6, 6.07) is 13.9. The second-order valence-corrected chi connectivity index (χ2v) is 10.8. The molecule has 2 aromatic rings. The Hall–Kier alpha value is -1.57. The van der Waals surface area contributed by atoms with Crippen LogP contribution < -0.4 is 4.74 Å². The van der Waals surface area contributed by atoms with Crippen molar-refractivity contribution in [3.63, 3.8) is 0 Å². The van der Waals surface area contributed by atoms with E-state index in [0.717, 1.165) is 29.9 Å². The number of sulfonamides is 1. The van der Waals surface area contributed by atoms with Crippen molar-refractivity contribution in [1.29, 1.82) is 0 Å². The summed E-state index contributed by atoms with van der Waals surface area (Å²) in [5.41, 5.74) is 1.60. The van der Waals surface area contributed by atoms with Gasteiger partial charge in [0.05, 0.1) is 11.5 Å². The smallest absolute Gasteiger partial charge is 0.243 e. The van der Waals surface area contributed by atoms with Crippen molar-refractivity contribution in [3.8, 4) is 5.75 Å². The summed E-state index contributed by atoms with van der Waals surface area (Å²) in [5, 5.41) is 0.499. The number of likely N-dealkylation sites (tertiary alicyclic amines) is 1. The molecule has 0 saturated carbocycles. The highest BCUT2D eigenvalue weighted by atomic mass is 35.5. The van der Waals surface area contributed by atoms with Gasteiger partial charge in [-0.3, -0.25) is 0 Å². The zero-order chi connectivity index (χ0) is 23.0. The van der Waals surface area contributed by atoms with Gasteiger partial charge in [0.15, 0.2) is 0 Å². The van der Waals surface area contributed by atoms with Gasteiger partial charge in [-0.15, -0.1) is 12.4 Å². The average Bonchev–Trinajstić information content (AvgIpc) is 2.78. The van der Waals surface area contributed by atoms with Crippen molar-refractivity contribution in [3.05, 3.63) is 71.3 Å². The largest absolute Gasteiger partial charge is 0.493 e. The van der Waals surface area contributed by atoms with E-state index in [1.165, 1.54) is 48.8 Å². The molecule has 182 valence electrons. The van der Waals surface area contributed by atoms with Gasteiger partial charge >= 0.3 is 0 Å². The van der Waals surface area contributed by atoms with Gasteiger partial charge in [0.1, 0.15) is 5.75 Å². The van der Waals surface area contributed by atoms with Crippen LogP contribution in [-0.4, -0.2) is 50.4 Å². The third kappa shape index (κ3) is 8.30. The number of benzene rings is 2. The molecule has 8 heteroatoms. The van der Waals surface area contributed by atoms with Crippen molar-refractivity contribution in [1.82, 2.24) is 9.21 Å². The second kappa shape index (κ2) is 13.4. The summed E-state index contributed by atoms with van der Waals surface area (Å²) in [5.74, 6) is 0.726. The lowest BCUT2D eigenvalue weighted by molar-refractivity contribution is 0.204. The molecule has 0 aliphatic carbocycles. The van der Waals surface area contributed by atoms with Crippen LogP contribution in [0.5, 0.6) is 5.75 Å². The van der Waals surface area contributed by atoms with Gasteiger partial charge < -0.3 is 9.64 Å². The van der Waals surface area contributed by atoms with Gasteiger partial charge in [0.2, 0.25) is 10.0 Å². The van der Waals surface area contributed by atoms with E-state index in [1.54, 1.807) is 12.1 Å². The van der Waals surface area contributed by atoms with Gasteiger partial charge in [-0.1, -0.05) is 48.4 Å². The Morgan fingerprint density at radius 3 is 2.42 bits per heavy atom. The summed E-state index contributed by atoms with van der Waals surface area (Å²) in [6.07, 6.45) is 4.85. The van der Waals surface area contributed by atoms with Crippen LogP contribution in [0.15, 0.2) is 65.6 Å². The number of piperidine rings is 1. The molecule has 1 aliphatic rings. The monoisotopic (exact) mass is 512 g/mol. The van der Waals surface area contributed by atoms with Gasteiger partial charge in [-0.2, -0.15) is 4.31 Å². The molecular weight excluding hydrogens is 479 g/mol. The van der Waals surface area contributed by atoms with E-state index in [9.17, 15) is 8.42 Å². The van der Waals surface area contributed by atoms with Gasteiger partial charge in [0, 0.05) is 30.2 Å². The molecule has 1 aliphatic heterocycles.